The molecule has 2 heterocycles. The van der Waals surface area contributed by atoms with E-state index in [4.69, 9.17) is 5.73 Å². The molecule has 18 heavy (non-hydrogen) atoms. The highest BCUT2D eigenvalue weighted by Crippen LogP contribution is 2.39. The zero-order valence-corrected chi connectivity index (χ0v) is 11.5. The second kappa shape index (κ2) is 4.55. The normalized spacial score (nSPS) is 21.3. The van der Waals surface area contributed by atoms with E-state index in [1.54, 1.807) is 11.3 Å². The van der Waals surface area contributed by atoms with Crippen LogP contribution in [-0.4, -0.2) is 43.9 Å². The van der Waals surface area contributed by atoms with Crippen molar-refractivity contribution in [3.8, 4) is 0 Å². The third kappa shape index (κ3) is 2.24. The first-order valence-electron chi connectivity index (χ1n) is 6.52. The minimum Gasteiger partial charge on any atom is -0.397 e. The van der Waals surface area contributed by atoms with Gasteiger partial charge in [-0.25, -0.2) is 0 Å². The average Bonchev–Trinajstić information content (AvgIpc) is 3.13. The van der Waals surface area contributed by atoms with Crippen LogP contribution < -0.4 is 10.6 Å². The predicted octanol–water partition coefficient (Wildman–Crippen LogP) is 1.67. The van der Waals surface area contributed by atoms with Crippen molar-refractivity contribution in [2.45, 2.75) is 12.8 Å². The SMILES string of the molecule is CN1CCN(c2cc(N)c(C(=O)C3CC3)s2)CC1. The number of ketones is 1. The lowest BCUT2D eigenvalue weighted by Crippen LogP contribution is -2.44. The number of nitrogen functional groups attached to an aromatic ring is 1. The van der Waals surface area contributed by atoms with Gasteiger partial charge in [0.05, 0.1) is 15.6 Å². The summed E-state index contributed by atoms with van der Waals surface area (Å²) in [6.07, 6.45) is 2.08. The molecule has 0 bridgehead atoms. The fourth-order valence-electron chi connectivity index (χ4n) is 2.30. The zero-order chi connectivity index (χ0) is 12.7. The van der Waals surface area contributed by atoms with E-state index in [1.165, 1.54) is 0 Å². The molecule has 2 aliphatic rings. The van der Waals surface area contributed by atoms with Crippen molar-refractivity contribution in [2.24, 2.45) is 5.92 Å². The molecule has 1 aromatic rings. The standard InChI is InChI=1S/C13H19N3OS/c1-15-4-6-16(7-5-15)11-8-10(14)13(18-11)12(17)9-2-3-9/h8-9H,2-7,14H2,1H3. The molecule has 5 heteroatoms. The highest BCUT2D eigenvalue weighted by molar-refractivity contribution is 7.18. The molecule has 0 radical (unpaired) electrons. The minimum absolute atomic E-state index is 0.256. The molecule has 4 nitrogen and oxygen atoms in total. The topological polar surface area (TPSA) is 49.6 Å². The van der Waals surface area contributed by atoms with Crippen LogP contribution in [0.3, 0.4) is 0 Å². The predicted molar refractivity (Wildman–Crippen MR) is 75.5 cm³/mol. The smallest absolute Gasteiger partial charge is 0.178 e. The Labute approximate surface area is 111 Å². The van der Waals surface area contributed by atoms with Gasteiger partial charge in [-0.2, -0.15) is 0 Å². The maximum atomic E-state index is 12.1. The molecule has 98 valence electrons. The van der Waals surface area contributed by atoms with Crippen LogP contribution in [-0.2, 0) is 0 Å². The molecule has 1 aliphatic carbocycles. The quantitative estimate of drug-likeness (QED) is 0.845. The maximum absolute atomic E-state index is 12.1. The van der Waals surface area contributed by atoms with Gasteiger partial charge < -0.3 is 15.5 Å². The number of carbonyl (C=O) groups excluding carboxylic acids is 1. The van der Waals surface area contributed by atoms with E-state index in [9.17, 15) is 4.79 Å². The third-order valence-corrected chi connectivity index (χ3v) is 4.96. The summed E-state index contributed by atoms with van der Waals surface area (Å²) in [6, 6.07) is 1.98. The minimum atomic E-state index is 0.256. The number of thiophene rings is 1. The van der Waals surface area contributed by atoms with E-state index in [0.717, 1.165) is 48.9 Å². The molecule has 0 aromatic carbocycles. The number of Topliss-reactive ketones (excluding diaryl/α,β-unsaturated/α-hetero) is 1. The van der Waals surface area contributed by atoms with Crippen molar-refractivity contribution >= 4 is 27.8 Å². The van der Waals surface area contributed by atoms with Crippen LogP contribution in [0.15, 0.2) is 6.07 Å². The Morgan fingerprint density at radius 1 is 1.33 bits per heavy atom. The number of rotatable bonds is 3. The van der Waals surface area contributed by atoms with Gasteiger partial charge in [-0.3, -0.25) is 4.79 Å². The van der Waals surface area contributed by atoms with Gasteiger partial charge in [-0.15, -0.1) is 11.3 Å². The molecule has 2 N–H and O–H groups in total. The third-order valence-electron chi connectivity index (χ3n) is 3.73. The number of nitrogens with zero attached hydrogens (tertiary/aromatic N) is 2. The molecule has 2 fully saturated rings. The highest BCUT2D eigenvalue weighted by atomic mass is 32.1. The largest absolute Gasteiger partial charge is 0.397 e. The van der Waals surface area contributed by atoms with Gasteiger partial charge >= 0.3 is 0 Å². The van der Waals surface area contributed by atoms with E-state index in [1.807, 2.05) is 6.07 Å². The molecule has 3 rings (SSSR count). The van der Waals surface area contributed by atoms with E-state index in [-0.39, 0.29) is 11.7 Å². The van der Waals surface area contributed by atoms with Gasteiger partial charge in [0.15, 0.2) is 5.78 Å². The second-order valence-electron chi connectivity index (χ2n) is 5.30. The summed E-state index contributed by atoms with van der Waals surface area (Å²) in [4.78, 5) is 17.5. The fourth-order valence-corrected chi connectivity index (χ4v) is 3.45. The Balaban J connectivity index is 1.77. The number of hydrogen-bond acceptors (Lipinski definition) is 5. The molecule has 0 unspecified atom stereocenters. The average molecular weight is 265 g/mol. The van der Waals surface area contributed by atoms with Crippen LogP contribution in [0.5, 0.6) is 0 Å². The zero-order valence-electron chi connectivity index (χ0n) is 10.7. The van der Waals surface area contributed by atoms with Gasteiger partial charge in [0, 0.05) is 32.1 Å². The van der Waals surface area contributed by atoms with E-state index < -0.39 is 0 Å². The first kappa shape index (κ1) is 12.0. The molecule has 1 aliphatic heterocycles. The number of carbonyl (C=O) groups is 1. The Kier molecular flexibility index (Phi) is 3.03. The van der Waals surface area contributed by atoms with Crippen LogP contribution in [0.25, 0.3) is 0 Å². The van der Waals surface area contributed by atoms with Gasteiger partial charge in [0.1, 0.15) is 0 Å². The van der Waals surface area contributed by atoms with Crippen LogP contribution in [0.4, 0.5) is 10.7 Å². The van der Waals surface area contributed by atoms with Crippen LogP contribution >= 0.6 is 11.3 Å². The summed E-state index contributed by atoms with van der Waals surface area (Å²) >= 11 is 1.58. The first-order chi connectivity index (χ1) is 8.65. The molecule has 0 spiro atoms. The summed E-state index contributed by atoms with van der Waals surface area (Å²) in [7, 11) is 2.14. The summed E-state index contributed by atoms with van der Waals surface area (Å²) in [5, 5.41) is 1.16. The van der Waals surface area contributed by atoms with E-state index >= 15 is 0 Å². The number of nitrogens with two attached hydrogens (primary N) is 1. The lowest BCUT2D eigenvalue weighted by molar-refractivity contribution is 0.0972. The van der Waals surface area contributed by atoms with Crippen LogP contribution in [0.1, 0.15) is 22.5 Å². The molecule has 1 saturated carbocycles. The Morgan fingerprint density at radius 2 is 2.00 bits per heavy atom. The summed E-state index contributed by atoms with van der Waals surface area (Å²) in [6.45, 7) is 4.19. The number of anilines is 2. The Morgan fingerprint density at radius 3 is 2.61 bits per heavy atom. The van der Waals surface area contributed by atoms with Crippen molar-refractivity contribution in [3.05, 3.63) is 10.9 Å². The monoisotopic (exact) mass is 265 g/mol. The van der Waals surface area contributed by atoms with Crippen molar-refractivity contribution in [2.75, 3.05) is 43.9 Å². The maximum Gasteiger partial charge on any atom is 0.178 e. The van der Waals surface area contributed by atoms with Crippen molar-refractivity contribution < 1.29 is 4.79 Å². The van der Waals surface area contributed by atoms with Gasteiger partial charge in [0.2, 0.25) is 0 Å². The second-order valence-corrected chi connectivity index (χ2v) is 6.33. The van der Waals surface area contributed by atoms with Crippen LogP contribution in [0.2, 0.25) is 0 Å². The van der Waals surface area contributed by atoms with E-state index in [0.29, 0.717) is 5.69 Å². The molecule has 1 aromatic heterocycles. The van der Waals surface area contributed by atoms with Gasteiger partial charge in [0.25, 0.3) is 0 Å². The Bertz CT molecular complexity index is 459. The molecule has 0 atom stereocenters. The highest BCUT2D eigenvalue weighted by Gasteiger charge is 2.33. The molecule has 1 saturated heterocycles. The summed E-state index contributed by atoms with van der Waals surface area (Å²) in [5.74, 6) is 0.518. The lowest BCUT2D eigenvalue weighted by Gasteiger charge is -2.32. The van der Waals surface area contributed by atoms with E-state index in [2.05, 4.69) is 16.8 Å². The molecular formula is C13H19N3OS. The fraction of sp³-hybridized carbons (Fsp3) is 0.615. The number of piperazine rings is 1. The van der Waals surface area contributed by atoms with Gasteiger partial charge in [-0.1, -0.05) is 0 Å². The van der Waals surface area contributed by atoms with Gasteiger partial charge in [-0.05, 0) is 26.0 Å². The summed E-state index contributed by atoms with van der Waals surface area (Å²) in [5.41, 5.74) is 6.67. The van der Waals surface area contributed by atoms with Crippen molar-refractivity contribution in [1.29, 1.82) is 0 Å². The first-order valence-corrected chi connectivity index (χ1v) is 7.34. The molecular weight excluding hydrogens is 246 g/mol. The Hall–Kier alpha value is -1.07. The number of likely N-dealkylation sites (N-methyl/N-ethyl adjacent to an activating group) is 1. The number of hydrogen-bond donors (Lipinski definition) is 1. The van der Waals surface area contributed by atoms with Crippen LogP contribution in [0, 0.1) is 5.92 Å². The van der Waals surface area contributed by atoms with Crippen molar-refractivity contribution in [3.63, 3.8) is 0 Å². The molecule has 0 amide bonds. The lowest BCUT2D eigenvalue weighted by atomic mass is 10.2. The van der Waals surface area contributed by atoms with Crippen molar-refractivity contribution in [1.82, 2.24) is 4.90 Å². The summed E-state index contributed by atoms with van der Waals surface area (Å²) < 4.78 is 0.